The fourth-order valence-corrected chi connectivity index (χ4v) is 2.57. The maximum absolute atomic E-state index is 10.3. The smallest absolute Gasteiger partial charge is 0.0918 e. The van der Waals surface area contributed by atoms with Crippen molar-refractivity contribution in [2.75, 3.05) is 13.6 Å². The van der Waals surface area contributed by atoms with Gasteiger partial charge in [0.05, 0.1) is 4.87 Å². The molecule has 1 fully saturated rings. The van der Waals surface area contributed by atoms with Crippen LogP contribution in [0, 0.1) is 4.91 Å². The molecule has 0 aromatic rings. The van der Waals surface area contributed by atoms with Crippen molar-refractivity contribution in [1.29, 1.82) is 0 Å². The van der Waals surface area contributed by atoms with Gasteiger partial charge in [-0.15, -0.1) is 4.91 Å². The lowest BCUT2D eigenvalue weighted by Crippen LogP contribution is -2.46. The summed E-state index contributed by atoms with van der Waals surface area (Å²) in [4.78, 5) is 12.5. The number of nitroso groups, excluding NO2 is 1. The zero-order valence-electron chi connectivity index (χ0n) is 7.75. The van der Waals surface area contributed by atoms with Crippen molar-refractivity contribution < 1.29 is 0 Å². The third-order valence-electron chi connectivity index (χ3n) is 2.77. The van der Waals surface area contributed by atoms with Crippen LogP contribution >= 0.6 is 11.9 Å². The first-order valence-electron chi connectivity index (χ1n) is 4.47. The summed E-state index contributed by atoms with van der Waals surface area (Å²) in [6.07, 6.45) is 4.56. The molecule has 0 N–H and O–H groups in total. The number of hydrogen-bond donors (Lipinski definition) is 0. The minimum Gasteiger partial charge on any atom is -0.290 e. The highest BCUT2D eigenvalue weighted by Crippen LogP contribution is 2.40. The first kappa shape index (κ1) is 9.99. The molecule has 0 aromatic carbocycles. The van der Waals surface area contributed by atoms with Gasteiger partial charge in [-0.3, -0.25) is 4.90 Å². The molecule has 1 aliphatic rings. The van der Waals surface area contributed by atoms with Gasteiger partial charge in [-0.1, -0.05) is 6.92 Å². The second kappa shape index (κ2) is 4.23. The number of rotatable bonds is 3. The van der Waals surface area contributed by atoms with Gasteiger partial charge in [0.1, 0.15) is 0 Å². The van der Waals surface area contributed by atoms with E-state index < -0.39 is 0 Å². The van der Waals surface area contributed by atoms with E-state index >= 15 is 0 Å². The molecule has 0 radical (unpaired) electrons. The number of hydrogen-bond acceptors (Lipinski definition) is 4. The summed E-state index contributed by atoms with van der Waals surface area (Å²) in [5, 5.41) is 0. The van der Waals surface area contributed by atoms with Crippen molar-refractivity contribution >= 4 is 11.9 Å². The molecule has 0 bridgehead atoms. The number of nitrogens with zero attached hydrogens (tertiary/aromatic N) is 2. The first-order valence-corrected chi connectivity index (χ1v) is 5.24. The largest absolute Gasteiger partial charge is 0.290 e. The van der Waals surface area contributed by atoms with Crippen molar-refractivity contribution in [2.24, 2.45) is 4.58 Å². The fourth-order valence-electron chi connectivity index (χ4n) is 1.84. The Morgan fingerprint density at radius 2 is 2.33 bits per heavy atom. The SMILES string of the molecule is CCC1(SN=O)CCCCN1C. The molecule has 12 heavy (non-hydrogen) atoms. The van der Waals surface area contributed by atoms with E-state index in [4.69, 9.17) is 0 Å². The standard InChI is InChI=1S/C8H16N2OS/c1-3-8(12-9-11)6-4-5-7-10(8)2/h3-7H2,1-2H3. The maximum atomic E-state index is 10.3. The summed E-state index contributed by atoms with van der Waals surface area (Å²) < 4.78 is 2.98. The van der Waals surface area contributed by atoms with Crippen LogP contribution in [0.3, 0.4) is 0 Å². The van der Waals surface area contributed by atoms with Gasteiger partial charge < -0.3 is 0 Å². The topological polar surface area (TPSA) is 32.7 Å². The van der Waals surface area contributed by atoms with Gasteiger partial charge in [0.2, 0.25) is 0 Å². The Hall–Kier alpha value is -0.0900. The molecule has 0 spiro atoms. The summed E-state index contributed by atoms with van der Waals surface area (Å²) in [6, 6.07) is 0. The van der Waals surface area contributed by atoms with Crippen molar-refractivity contribution in [1.82, 2.24) is 4.90 Å². The average molecular weight is 188 g/mol. The van der Waals surface area contributed by atoms with Crippen LogP contribution in [-0.4, -0.2) is 23.4 Å². The van der Waals surface area contributed by atoms with Gasteiger partial charge >= 0.3 is 0 Å². The summed E-state index contributed by atoms with van der Waals surface area (Å²) in [5.41, 5.74) is 0. The van der Waals surface area contributed by atoms with E-state index in [1.54, 1.807) is 0 Å². The van der Waals surface area contributed by atoms with Gasteiger partial charge in [-0.05, 0) is 39.3 Å². The summed E-state index contributed by atoms with van der Waals surface area (Å²) >= 11 is 1.20. The zero-order valence-corrected chi connectivity index (χ0v) is 8.56. The van der Waals surface area contributed by atoms with Gasteiger partial charge in [0, 0.05) is 16.5 Å². The second-order valence-corrected chi connectivity index (χ2v) is 4.44. The molecule has 0 aromatic heterocycles. The van der Waals surface area contributed by atoms with Crippen LogP contribution in [0.15, 0.2) is 4.58 Å². The fraction of sp³-hybridized carbons (Fsp3) is 1.00. The molecule has 0 aliphatic carbocycles. The molecular formula is C8H16N2OS. The molecule has 1 unspecified atom stereocenters. The Morgan fingerprint density at radius 3 is 2.83 bits per heavy atom. The van der Waals surface area contributed by atoms with Crippen LogP contribution in [0.4, 0.5) is 0 Å². The average Bonchev–Trinajstić information content (AvgIpc) is 2.10. The molecule has 1 heterocycles. The lowest BCUT2D eigenvalue weighted by Gasteiger charge is -2.41. The van der Waals surface area contributed by atoms with Gasteiger partial charge in [-0.25, -0.2) is 0 Å². The minimum atomic E-state index is 0.000000000000000222. The third kappa shape index (κ3) is 1.80. The van der Waals surface area contributed by atoms with Gasteiger partial charge in [0.15, 0.2) is 0 Å². The van der Waals surface area contributed by atoms with E-state index in [1.807, 2.05) is 0 Å². The molecular weight excluding hydrogens is 172 g/mol. The molecule has 70 valence electrons. The minimum absolute atomic E-state index is 0.000000000000000222. The Labute approximate surface area is 78.0 Å². The van der Waals surface area contributed by atoms with Crippen molar-refractivity contribution in [2.45, 2.75) is 37.5 Å². The summed E-state index contributed by atoms with van der Waals surface area (Å²) in [6.45, 7) is 3.22. The maximum Gasteiger partial charge on any atom is 0.0918 e. The monoisotopic (exact) mass is 188 g/mol. The first-order chi connectivity index (χ1) is 5.75. The number of likely N-dealkylation sites (tertiary alicyclic amines) is 1. The van der Waals surface area contributed by atoms with E-state index in [-0.39, 0.29) is 4.87 Å². The Kier molecular flexibility index (Phi) is 3.53. The van der Waals surface area contributed by atoms with Gasteiger partial charge in [0.25, 0.3) is 0 Å². The quantitative estimate of drug-likeness (QED) is 0.504. The molecule has 1 saturated heterocycles. The molecule has 0 saturated carbocycles. The van der Waals surface area contributed by atoms with E-state index in [2.05, 4.69) is 23.5 Å². The van der Waals surface area contributed by atoms with E-state index in [0.717, 1.165) is 19.4 Å². The van der Waals surface area contributed by atoms with E-state index in [9.17, 15) is 4.91 Å². The number of piperidine rings is 1. The highest BCUT2D eigenvalue weighted by atomic mass is 32.2. The molecule has 4 heteroatoms. The predicted octanol–water partition coefficient (Wildman–Crippen LogP) is 2.62. The van der Waals surface area contributed by atoms with E-state index in [0.29, 0.717) is 0 Å². The van der Waals surface area contributed by atoms with Crippen LogP contribution < -0.4 is 0 Å². The van der Waals surface area contributed by atoms with Crippen molar-refractivity contribution in [3.05, 3.63) is 4.91 Å². The normalized spacial score (nSPS) is 31.8. The second-order valence-electron chi connectivity index (χ2n) is 3.34. The lowest BCUT2D eigenvalue weighted by molar-refractivity contribution is 0.151. The van der Waals surface area contributed by atoms with Gasteiger partial charge in [-0.2, -0.15) is 0 Å². The Bertz CT molecular complexity index is 165. The lowest BCUT2D eigenvalue weighted by atomic mass is 10.0. The molecule has 1 atom stereocenters. The molecule has 0 amide bonds. The zero-order chi connectivity index (χ0) is 9.03. The van der Waals surface area contributed by atoms with Crippen LogP contribution in [0.25, 0.3) is 0 Å². The summed E-state index contributed by atoms with van der Waals surface area (Å²) in [5.74, 6) is 0. The highest BCUT2D eigenvalue weighted by molar-refractivity contribution is 7.99. The molecule has 3 nitrogen and oxygen atoms in total. The third-order valence-corrected chi connectivity index (χ3v) is 3.99. The highest BCUT2D eigenvalue weighted by Gasteiger charge is 2.36. The van der Waals surface area contributed by atoms with Crippen LogP contribution in [-0.2, 0) is 0 Å². The molecule has 1 aliphatic heterocycles. The van der Waals surface area contributed by atoms with Crippen LogP contribution in [0.2, 0.25) is 0 Å². The Balaban J connectivity index is 2.65. The van der Waals surface area contributed by atoms with Crippen LogP contribution in [0.1, 0.15) is 32.6 Å². The van der Waals surface area contributed by atoms with E-state index in [1.165, 1.54) is 24.8 Å². The Morgan fingerprint density at radius 1 is 1.58 bits per heavy atom. The van der Waals surface area contributed by atoms with Crippen LogP contribution in [0.5, 0.6) is 0 Å². The molecule has 1 rings (SSSR count). The van der Waals surface area contributed by atoms with Crippen molar-refractivity contribution in [3.8, 4) is 0 Å². The summed E-state index contributed by atoms with van der Waals surface area (Å²) in [7, 11) is 2.08. The predicted molar refractivity (Wildman–Crippen MR) is 52.9 cm³/mol. The van der Waals surface area contributed by atoms with Crippen molar-refractivity contribution in [3.63, 3.8) is 0 Å².